The Kier molecular flexibility index (Phi) is 4.27. The summed E-state index contributed by atoms with van der Waals surface area (Å²) in [6.07, 6.45) is 0. The molecule has 20 heavy (non-hydrogen) atoms. The Morgan fingerprint density at radius 2 is 1.70 bits per heavy atom. The Morgan fingerprint density at radius 3 is 2.20 bits per heavy atom. The first-order chi connectivity index (χ1) is 9.52. The smallest absolute Gasteiger partial charge is 0.253 e. The molecule has 0 bridgehead atoms. The van der Waals surface area contributed by atoms with E-state index in [4.69, 9.17) is 4.74 Å². The second-order valence-corrected chi connectivity index (χ2v) is 4.98. The summed E-state index contributed by atoms with van der Waals surface area (Å²) < 4.78 is 5.20. The van der Waals surface area contributed by atoms with E-state index in [-0.39, 0.29) is 11.8 Å². The summed E-state index contributed by atoms with van der Waals surface area (Å²) in [6, 6.07) is 5.44. The van der Waals surface area contributed by atoms with E-state index in [0.29, 0.717) is 31.7 Å². The van der Waals surface area contributed by atoms with E-state index in [1.165, 1.54) is 0 Å². The van der Waals surface area contributed by atoms with Gasteiger partial charge in [0.1, 0.15) is 5.75 Å². The molecule has 2 rings (SSSR count). The molecule has 1 aliphatic heterocycles. The molecule has 1 aromatic carbocycles. The van der Waals surface area contributed by atoms with Gasteiger partial charge < -0.3 is 14.5 Å². The third kappa shape index (κ3) is 2.92. The van der Waals surface area contributed by atoms with Crippen molar-refractivity contribution in [1.29, 1.82) is 0 Å². The number of hydrogen-bond acceptors (Lipinski definition) is 3. The average Bonchev–Trinajstić information content (AvgIpc) is 2.46. The highest BCUT2D eigenvalue weighted by molar-refractivity contribution is 5.94. The SMILES string of the molecule is COc1ccc(C(=O)N2CCN(C(C)=O)CC2)cc1C. The van der Waals surface area contributed by atoms with Crippen molar-refractivity contribution in [3.8, 4) is 5.75 Å². The fourth-order valence-electron chi connectivity index (χ4n) is 2.42. The fraction of sp³-hybridized carbons (Fsp3) is 0.467. The zero-order valence-corrected chi connectivity index (χ0v) is 12.2. The number of methoxy groups -OCH3 is 1. The van der Waals surface area contributed by atoms with Crippen LogP contribution in [0.2, 0.25) is 0 Å². The van der Waals surface area contributed by atoms with Crippen LogP contribution >= 0.6 is 0 Å². The van der Waals surface area contributed by atoms with Gasteiger partial charge in [-0.3, -0.25) is 9.59 Å². The first kappa shape index (κ1) is 14.4. The maximum atomic E-state index is 12.4. The van der Waals surface area contributed by atoms with E-state index in [9.17, 15) is 9.59 Å². The number of benzene rings is 1. The van der Waals surface area contributed by atoms with E-state index < -0.39 is 0 Å². The zero-order valence-electron chi connectivity index (χ0n) is 12.2. The van der Waals surface area contributed by atoms with Gasteiger partial charge in [0.25, 0.3) is 5.91 Å². The number of nitrogens with zero attached hydrogens (tertiary/aromatic N) is 2. The number of amides is 2. The highest BCUT2D eigenvalue weighted by Crippen LogP contribution is 2.19. The molecule has 1 heterocycles. The standard InChI is InChI=1S/C15H20N2O3/c1-11-10-13(4-5-14(11)20-3)15(19)17-8-6-16(7-9-17)12(2)18/h4-5,10H,6-9H2,1-3H3. The highest BCUT2D eigenvalue weighted by atomic mass is 16.5. The topological polar surface area (TPSA) is 49.9 Å². The van der Waals surface area contributed by atoms with E-state index in [0.717, 1.165) is 11.3 Å². The van der Waals surface area contributed by atoms with Crippen LogP contribution in [0.1, 0.15) is 22.8 Å². The Balaban J connectivity index is 2.05. The second-order valence-electron chi connectivity index (χ2n) is 4.98. The van der Waals surface area contributed by atoms with Crippen LogP contribution in [0.3, 0.4) is 0 Å². The summed E-state index contributed by atoms with van der Waals surface area (Å²) >= 11 is 0. The van der Waals surface area contributed by atoms with Crippen molar-refractivity contribution in [1.82, 2.24) is 9.80 Å². The summed E-state index contributed by atoms with van der Waals surface area (Å²) in [5.41, 5.74) is 1.61. The largest absolute Gasteiger partial charge is 0.496 e. The Bertz CT molecular complexity index is 520. The van der Waals surface area contributed by atoms with Gasteiger partial charge in [-0.2, -0.15) is 0 Å². The molecular formula is C15H20N2O3. The molecule has 5 nitrogen and oxygen atoms in total. The summed E-state index contributed by atoms with van der Waals surface area (Å²) in [6.45, 7) is 5.87. The first-order valence-electron chi connectivity index (χ1n) is 6.72. The zero-order chi connectivity index (χ0) is 14.7. The second kappa shape index (κ2) is 5.94. The minimum atomic E-state index is 0.0129. The molecule has 0 spiro atoms. The molecule has 5 heteroatoms. The third-order valence-corrected chi connectivity index (χ3v) is 3.65. The normalized spacial score (nSPS) is 15.2. The number of carbonyl (C=O) groups is 2. The third-order valence-electron chi connectivity index (χ3n) is 3.65. The number of carbonyl (C=O) groups excluding carboxylic acids is 2. The predicted octanol–water partition coefficient (Wildman–Crippen LogP) is 1.31. The molecule has 0 atom stereocenters. The molecule has 0 radical (unpaired) electrons. The Labute approximate surface area is 119 Å². The lowest BCUT2D eigenvalue weighted by molar-refractivity contribution is -0.130. The lowest BCUT2D eigenvalue weighted by atomic mass is 10.1. The van der Waals surface area contributed by atoms with Gasteiger partial charge in [0.15, 0.2) is 0 Å². The van der Waals surface area contributed by atoms with E-state index in [2.05, 4.69) is 0 Å². The fourth-order valence-corrected chi connectivity index (χ4v) is 2.42. The molecule has 2 amide bonds. The molecule has 0 aromatic heterocycles. The van der Waals surface area contributed by atoms with Crippen molar-refractivity contribution in [2.45, 2.75) is 13.8 Å². The summed E-state index contributed by atoms with van der Waals surface area (Å²) in [7, 11) is 1.62. The highest BCUT2D eigenvalue weighted by Gasteiger charge is 2.23. The minimum absolute atomic E-state index is 0.0129. The Hall–Kier alpha value is -2.04. The molecule has 1 saturated heterocycles. The average molecular weight is 276 g/mol. The van der Waals surface area contributed by atoms with Crippen LogP contribution < -0.4 is 4.74 Å². The van der Waals surface area contributed by atoms with Crippen LogP contribution in [-0.2, 0) is 4.79 Å². The quantitative estimate of drug-likeness (QED) is 0.818. The molecule has 1 aliphatic rings. The van der Waals surface area contributed by atoms with E-state index in [1.54, 1.807) is 29.9 Å². The van der Waals surface area contributed by atoms with E-state index >= 15 is 0 Å². The minimum Gasteiger partial charge on any atom is -0.496 e. The van der Waals surface area contributed by atoms with Crippen molar-refractivity contribution >= 4 is 11.8 Å². The van der Waals surface area contributed by atoms with Gasteiger partial charge in [0, 0.05) is 38.7 Å². The van der Waals surface area contributed by atoms with Crippen LogP contribution in [-0.4, -0.2) is 54.9 Å². The van der Waals surface area contributed by atoms with Crippen molar-refractivity contribution in [2.24, 2.45) is 0 Å². The lowest BCUT2D eigenvalue weighted by Crippen LogP contribution is -2.50. The molecule has 108 valence electrons. The molecule has 0 saturated carbocycles. The van der Waals surface area contributed by atoms with Crippen molar-refractivity contribution < 1.29 is 14.3 Å². The summed E-state index contributed by atoms with van der Waals surface area (Å²) in [4.78, 5) is 27.2. The molecule has 1 fully saturated rings. The van der Waals surface area contributed by atoms with Gasteiger partial charge in [-0.05, 0) is 30.7 Å². The van der Waals surface area contributed by atoms with Crippen LogP contribution in [0.5, 0.6) is 5.75 Å². The van der Waals surface area contributed by atoms with Crippen LogP contribution in [0.15, 0.2) is 18.2 Å². The maximum Gasteiger partial charge on any atom is 0.253 e. The Morgan fingerprint density at radius 1 is 1.10 bits per heavy atom. The van der Waals surface area contributed by atoms with Gasteiger partial charge in [0.2, 0.25) is 5.91 Å². The van der Waals surface area contributed by atoms with Gasteiger partial charge in [0.05, 0.1) is 7.11 Å². The van der Waals surface area contributed by atoms with Crippen molar-refractivity contribution in [2.75, 3.05) is 33.3 Å². The van der Waals surface area contributed by atoms with Gasteiger partial charge >= 0.3 is 0 Å². The van der Waals surface area contributed by atoms with Gasteiger partial charge in [-0.15, -0.1) is 0 Å². The maximum absolute atomic E-state index is 12.4. The molecule has 1 aromatic rings. The van der Waals surface area contributed by atoms with Gasteiger partial charge in [-0.25, -0.2) is 0 Å². The molecule has 0 N–H and O–H groups in total. The van der Waals surface area contributed by atoms with E-state index in [1.807, 2.05) is 19.1 Å². The van der Waals surface area contributed by atoms with Crippen LogP contribution in [0.25, 0.3) is 0 Å². The first-order valence-corrected chi connectivity index (χ1v) is 6.72. The van der Waals surface area contributed by atoms with Crippen LogP contribution in [0.4, 0.5) is 0 Å². The summed E-state index contributed by atoms with van der Waals surface area (Å²) in [5.74, 6) is 0.860. The van der Waals surface area contributed by atoms with Crippen molar-refractivity contribution in [3.05, 3.63) is 29.3 Å². The van der Waals surface area contributed by atoms with Gasteiger partial charge in [-0.1, -0.05) is 0 Å². The lowest BCUT2D eigenvalue weighted by Gasteiger charge is -2.34. The van der Waals surface area contributed by atoms with Crippen molar-refractivity contribution in [3.63, 3.8) is 0 Å². The number of piperazine rings is 1. The van der Waals surface area contributed by atoms with Crippen LogP contribution in [0, 0.1) is 6.92 Å². The molecule has 0 aliphatic carbocycles. The monoisotopic (exact) mass is 276 g/mol. The molecular weight excluding hydrogens is 256 g/mol. The predicted molar refractivity (Wildman–Crippen MR) is 75.9 cm³/mol. The number of ether oxygens (including phenoxy) is 1. The number of aryl methyl sites for hydroxylation is 1. The number of rotatable bonds is 2. The summed E-state index contributed by atoms with van der Waals surface area (Å²) in [5, 5.41) is 0. The molecule has 0 unspecified atom stereocenters. The number of hydrogen-bond donors (Lipinski definition) is 0.